The first-order valence-electron chi connectivity index (χ1n) is 20.0. The van der Waals surface area contributed by atoms with Crippen molar-refractivity contribution in [3.8, 4) is 0 Å². The van der Waals surface area contributed by atoms with Crippen molar-refractivity contribution in [2.45, 2.75) is 131 Å². The number of alkyl halides is 6. The Balaban J connectivity index is 1.03. The second-order valence-electron chi connectivity index (χ2n) is 16.6. The molecule has 2 saturated carbocycles. The lowest BCUT2D eigenvalue weighted by Gasteiger charge is -2.61. The third kappa shape index (κ3) is 7.00. The number of methoxy groups -OCH3 is 3. The summed E-state index contributed by atoms with van der Waals surface area (Å²) in [5.41, 5.74) is -4.97. The second-order valence-corrected chi connectivity index (χ2v) is 19.1. The molecule has 0 N–H and O–H groups in total. The molecule has 3 aliphatic carbocycles. The van der Waals surface area contributed by atoms with E-state index in [-0.39, 0.29) is 35.0 Å². The van der Waals surface area contributed by atoms with Crippen LogP contribution in [0.4, 0.5) is 26.3 Å². The predicted molar refractivity (Wildman–Crippen MR) is 204 cm³/mol. The molecule has 11 rings (SSSR count). The highest BCUT2D eigenvalue weighted by atomic mass is 32.1. The summed E-state index contributed by atoms with van der Waals surface area (Å²) in [4.78, 5) is 26.6. The lowest BCUT2D eigenvalue weighted by Crippen LogP contribution is -2.79. The number of thiophene rings is 2. The minimum Gasteiger partial charge on any atom is -0.452 e. The van der Waals surface area contributed by atoms with Gasteiger partial charge in [-0.3, -0.25) is 0 Å². The molecule has 16 nitrogen and oxygen atoms in total. The molecule has 14 atom stereocenters. The molecule has 0 radical (unpaired) electrons. The van der Waals surface area contributed by atoms with Crippen molar-refractivity contribution in [1.82, 2.24) is 0 Å². The lowest BCUT2D eigenvalue weighted by molar-refractivity contribution is -0.536. The number of allylic oxidation sites excluding steroid dienone is 2. The fourth-order valence-electron chi connectivity index (χ4n) is 9.74. The molecule has 0 amide bonds. The topological polar surface area (TPSA) is 163 Å². The summed E-state index contributed by atoms with van der Waals surface area (Å²) in [5, 5.41) is 0. The zero-order valence-corrected chi connectivity index (χ0v) is 37.0. The fourth-order valence-corrected chi connectivity index (χ4v) is 11.6. The molecule has 2 aromatic heterocycles. The third-order valence-electron chi connectivity index (χ3n) is 12.4. The SMILES string of the molecule is COCOC1C2OC3(C)O[C@@H]1C(OCOC)[C@@H](O3)[C@@H]2OC(=O)c1cc(C2=C(c3cc(C(=O)O[C@H]4C5OC6(C)OC4[C@H](OCOC)[C@H](O6)C5C)sc3C)C(F)(F)C(F)(F)C2(F)F)c(C)s1. The molecule has 8 fully saturated rings. The highest BCUT2D eigenvalue weighted by molar-refractivity contribution is 7.14. The van der Waals surface area contributed by atoms with Crippen molar-refractivity contribution in [2.24, 2.45) is 5.92 Å². The van der Waals surface area contributed by atoms with Crippen molar-refractivity contribution < 1.29 is 102 Å². The van der Waals surface area contributed by atoms with E-state index < -0.39 is 142 Å². The quantitative estimate of drug-likeness (QED) is 0.122. The van der Waals surface area contributed by atoms with Crippen LogP contribution in [0.25, 0.3) is 11.1 Å². The maximum absolute atomic E-state index is 16.1. The van der Waals surface area contributed by atoms with Crippen molar-refractivity contribution >= 4 is 45.8 Å². The third-order valence-corrected chi connectivity index (χ3v) is 14.5. The van der Waals surface area contributed by atoms with Gasteiger partial charge in [0.25, 0.3) is 11.9 Å². The van der Waals surface area contributed by atoms with Crippen LogP contribution < -0.4 is 0 Å². The van der Waals surface area contributed by atoms with E-state index in [1.807, 2.05) is 0 Å². The first kappa shape index (κ1) is 46.3. The molecular formula is C40H44F6O16S2. The summed E-state index contributed by atoms with van der Waals surface area (Å²) in [6.07, 6.45) is -10.2. The Hall–Kier alpha value is -2.82. The monoisotopic (exact) mass is 958 g/mol. The molecule has 8 bridgehead atoms. The summed E-state index contributed by atoms with van der Waals surface area (Å²) in [7, 11) is 4.17. The van der Waals surface area contributed by atoms with Crippen LogP contribution in [0.5, 0.6) is 0 Å². The van der Waals surface area contributed by atoms with Gasteiger partial charge in [-0.2, -0.15) is 26.3 Å². The van der Waals surface area contributed by atoms with Gasteiger partial charge in [-0.15, -0.1) is 22.7 Å². The second kappa shape index (κ2) is 16.2. The normalized spacial score (nSPS) is 39.5. The summed E-state index contributed by atoms with van der Waals surface area (Å²) < 4.78 is 176. The molecule has 0 spiro atoms. The first-order chi connectivity index (χ1) is 30.1. The van der Waals surface area contributed by atoms with Crippen LogP contribution >= 0.6 is 22.7 Å². The maximum Gasteiger partial charge on any atom is 0.380 e. The van der Waals surface area contributed by atoms with Crippen LogP contribution in [0.15, 0.2) is 12.1 Å². The minimum atomic E-state index is -5.95. The van der Waals surface area contributed by atoms with E-state index in [1.165, 1.54) is 42.1 Å². The van der Waals surface area contributed by atoms with Crippen LogP contribution in [0, 0.1) is 19.8 Å². The maximum atomic E-state index is 16.1. The van der Waals surface area contributed by atoms with E-state index in [0.29, 0.717) is 22.7 Å². The zero-order valence-electron chi connectivity index (χ0n) is 35.3. The predicted octanol–water partition coefficient (Wildman–Crippen LogP) is 5.65. The number of hydrogen-bond acceptors (Lipinski definition) is 18. The van der Waals surface area contributed by atoms with Gasteiger partial charge in [0, 0.05) is 62.0 Å². The van der Waals surface area contributed by atoms with Crippen molar-refractivity contribution in [3.05, 3.63) is 42.8 Å². The van der Waals surface area contributed by atoms with E-state index in [0.717, 1.165) is 12.1 Å². The van der Waals surface area contributed by atoms with Gasteiger partial charge in [-0.1, -0.05) is 6.92 Å². The largest absolute Gasteiger partial charge is 0.452 e. The van der Waals surface area contributed by atoms with Crippen LogP contribution in [0.2, 0.25) is 0 Å². The Morgan fingerprint density at radius 3 is 1.25 bits per heavy atom. The van der Waals surface area contributed by atoms with E-state index >= 15 is 26.3 Å². The summed E-state index contributed by atoms with van der Waals surface area (Å²) in [6, 6.07) is 1.60. The number of halogens is 6. The molecule has 8 unspecified atom stereocenters. The average Bonchev–Trinajstić information content (AvgIpc) is 3.83. The van der Waals surface area contributed by atoms with E-state index in [1.54, 1.807) is 13.8 Å². The standard InChI is InChI=1S/C40H44F6O16S2/c1-14-23-25(52-11-49-6)31-28(24(14)58-36(4,57-23)60-31)55-34(47)19-9-17(15(2)63-19)21-22(39(43,44)40(45,46)38(21,41)42)18-10-20(64-16(18)3)35(48)56-29-32-26(53-12-50-7)30-27(54-13-51-8)33(29)62-37(5,59-30)61-32/h9-10,14,23-33H,11-13H2,1-8H3/t14?,23-,24?,25-,26?,27?,28+,29-,30+,31?,32?,33-,36?,37?/m1/s1. The highest BCUT2D eigenvalue weighted by Crippen LogP contribution is 2.66. The molecule has 0 aromatic carbocycles. The Labute approximate surface area is 369 Å². The number of hydrogen-bond donors (Lipinski definition) is 0. The molecular weight excluding hydrogens is 915 g/mol. The van der Waals surface area contributed by atoms with Crippen LogP contribution in [0.1, 0.15) is 61.0 Å². The lowest BCUT2D eigenvalue weighted by atomic mass is 9.76. The van der Waals surface area contributed by atoms with Crippen LogP contribution in [-0.4, -0.2) is 151 Å². The van der Waals surface area contributed by atoms with Gasteiger partial charge < -0.3 is 66.3 Å². The van der Waals surface area contributed by atoms with Crippen LogP contribution in [-0.2, 0) is 66.3 Å². The summed E-state index contributed by atoms with van der Waals surface area (Å²) >= 11 is 1.12. The Bertz CT molecular complexity index is 2180. The molecule has 24 heteroatoms. The van der Waals surface area contributed by atoms with E-state index in [9.17, 15) is 9.59 Å². The van der Waals surface area contributed by atoms with Crippen LogP contribution in [0.3, 0.4) is 0 Å². The van der Waals surface area contributed by atoms with E-state index in [2.05, 4.69) is 0 Å². The van der Waals surface area contributed by atoms with Gasteiger partial charge in [0.2, 0.25) is 0 Å². The minimum absolute atomic E-state index is 0.155. The average molecular weight is 959 g/mol. The number of esters is 2. The number of aryl methyl sites for hydroxylation is 2. The van der Waals surface area contributed by atoms with Crippen molar-refractivity contribution in [3.63, 3.8) is 0 Å². The Kier molecular flexibility index (Phi) is 11.7. The van der Waals surface area contributed by atoms with Gasteiger partial charge in [0.15, 0.2) is 12.2 Å². The Morgan fingerprint density at radius 2 is 0.875 bits per heavy atom. The van der Waals surface area contributed by atoms with Gasteiger partial charge in [-0.05, 0) is 37.1 Å². The molecule has 6 aliphatic heterocycles. The first-order valence-corrected chi connectivity index (χ1v) is 21.7. The highest BCUT2D eigenvalue weighted by Gasteiger charge is 2.80. The molecule has 2 aromatic rings. The Morgan fingerprint density at radius 1 is 0.562 bits per heavy atom. The van der Waals surface area contributed by atoms with Gasteiger partial charge in [-0.25, -0.2) is 9.59 Å². The van der Waals surface area contributed by atoms with Gasteiger partial charge in [0.1, 0.15) is 79.0 Å². The van der Waals surface area contributed by atoms with Crippen molar-refractivity contribution in [1.29, 1.82) is 0 Å². The molecule has 8 heterocycles. The number of ether oxygens (including phenoxy) is 14. The number of carbonyl (C=O) groups is 2. The fraction of sp³-hybridized carbons (Fsp3) is 0.700. The molecule has 354 valence electrons. The van der Waals surface area contributed by atoms with Gasteiger partial charge in [0.05, 0.1) is 6.10 Å². The van der Waals surface area contributed by atoms with E-state index in [4.69, 9.17) is 66.3 Å². The zero-order chi connectivity index (χ0) is 46.1. The number of carbonyl (C=O) groups excluding carboxylic acids is 2. The van der Waals surface area contributed by atoms with Gasteiger partial charge >= 0.3 is 29.7 Å². The summed E-state index contributed by atoms with van der Waals surface area (Å²) in [6.45, 7) is 6.63. The molecule has 6 saturated heterocycles. The smallest absolute Gasteiger partial charge is 0.380 e. The molecule has 64 heavy (non-hydrogen) atoms. The number of rotatable bonds is 15. The summed E-state index contributed by atoms with van der Waals surface area (Å²) in [5.74, 6) is -22.6. The van der Waals surface area contributed by atoms with Crippen molar-refractivity contribution in [2.75, 3.05) is 41.7 Å². The molecule has 9 aliphatic rings.